The molecule has 4 rings (SSSR count). The summed E-state index contributed by atoms with van der Waals surface area (Å²) in [6.07, 6.45) is 3.88. The molecular weight excluding hydrogens is 424 g/mol. The highest BCUT2D eigenvalue weighted by molar-refractivity contribution is 7.99. The molecule has 8 nitrogen and oxygen atoms in total. The van der Waals surface area contributed by atoms with Crippen LogP contribution in [0.2, 0.25) is 5.02 Å². The highest BCUT2D eigenvalue weighted by Crippen LogP contribution is 2.26. The van der Waals surface area contributed by atoms with E-state index in [0.717, 1.165) is 37.6 Å². The van der Waals surface area contributed by atoms with Gasteiger partial charge in [0.05, 0.1) is 29.8 Å². The maximum absolute atomic E-state index is 12.5. The number of rotatable bonds is 7. The zero-order valence-electron chi connectivity index (χ0n) is 16.0. The normalized spacial score (nSPS) is 13.4. The lowest BCUT2D eigenvalue weighted by molar-refractivity contribution is -0.113. The van der Waals surface area contributed by atoms with E-state index in [-0.39, 0.29) is 11.7 Å². The smallest absolute Gasteiger partial charge is 0.234 e. The number of hydrogen-bond acceptors (Lipinski definition) is 7. The fraction of sp³-hybridized carbons (Fsp3) is 0.300. The van der Waals surface area contributed by atoms with Crippen LogP contribution in [0.3, 0.4) is 0 Å². The van der Waals surface area contributed by atoms with Crippen molar-refractivity contribution in [1.29, 1.82) is 5.26 Å². The number of nitrogens with one attached hydrogen (secondary N) is 1. The molecule has 0 saturated carbocycles. The molecule has 3 heterocycles. The van der Waals surface area contributed by atoms with Gasteiger partial charge >= 0.3 is 0 Å². The van der Waals surface area contributed by atoms with Crippen LogP contribution in [0.15, 0.2) is 46.2 Å². The van der Waals surface area contributed by atoms with Crippen LogP contribution in [0.25, 0.3) is 0 Å². The van der Waals surface area contributed by atoms with Gasteiger partial charge in [-0.05, 0) is 43.2 Å². The van der Waals surface area contributed by atoms with Crippen LogP contribution < -0.4 is 10.2 Å². The summed E-state index contributed by atoms with van der Waals surface area (Å²) in [7, 11) is 0. The molecule has 1 saturated heterocycles. The molecule has 1 fully saturated rings. The minimum atomic E-state index is -0.256. The first-order valence-corrected chi connectivity index (χ1v) is 10.8. The first-order valence-electron chi connectivity index (χ1n) is 9.47. The zero-order chi connectivity index (χ0) is 20.9. The first kappa shape index (κ1) is 20.3. The molecule has 30 heavy (non-hydrogen) atoms. The molecule has 1 N–H and O–H groups in total. The SMILES string of the molecule is N#Cc1ccc(Cl)cc1NC(=O)CSc1nnc(N2CCCC2)n1Cc1ccco1. The van der Waals surface area contributed by atoms with Crippen molar-refractivity contribution in [3.8, 4) is 6.07 Å². The number of nitriles is 1. The molecule has 1 aliphatic heterocycles. The van der Waals surface area contributed by atoms with Crippen molar-refractivity contribution in [3.63, 3.8) is 0 Å². The van der Waals surface area contributed by atoms with Gasteiger partial charge in [0.2, 0.25) is 11.9 Å². The lowest BCUT2D eigenvalue weighted by atomic mass is 10.2. The number of aromatic nitrogens is 3. The average molecular weight is 443 g/mol. The topological polar surface area (TPSA) is 100.0 Å². The standard InChI is InChI=1S/C20H19ClN6O2S/c21-15-6-5-14(11-22)17(10-15)23-18(28)13-30-20-25-24-19(26-7-1-2-8-26)27(20)12-16-4-3-9-29-16/h3-6,9-10H,1-2,7-8,12-13H2,(H,23,28). The van der Waals surface area contributed by atoms with Gasteiger partial charge in [-0.3, -0.25) is 9.36 Å². The molecule has 0 aliphatic carbocycles. The fourth-order valence-electron chi connectivity index (χ4n) is 3.27. The number of halogens is 1. The number of thioether (sulfide) groups is 1. The van der Waals surface area contributed by atoms with Crippen molar-refractivity contribution in [2.75, 3.05) is 29.1 Å². The number of benzene rings is 1. The number of anilines is 2. The number of nitrogens with zero attached hydrogens (tertiary/aromatic N) is 5. The molecule has 154 valence electrons. The van der Waals surface area contributed by atoms with Crippen molar-refractivity contribution in [2.45, 2.75) is 24.5 Å². The zero-order valence-corrected chi connectivity index (χ0v) is 17.6. The van der Waals surface area contributed by atoms with Crippen LogP contribution >= 0.6 is 23.4 Å². The molecule has 0 radical (unpaired) electrons. The van der Waals surface area contributed by atoms with Crippen molar-refractivity contribution in [3.05, 3.63) is 52.9 Å². The minimum absolute atomic E-state index is 0.119. The Hall–Kier alpha value is -2.96. The molecule has 3 aromatic rings. The third-order valence-corrected chi connectivity index (χ3v) is 5.89. The molecule has 10 heteroatoms. The van der Waals surface area contributed by atoms with Gasteiger partial charge in [-0.15, -0.1) is 10.2 Å². The Kier molecular flexibility index (Phi) is 6.26. The molecule has 0 bridgehead atoms. The van der Waals surface area contributed by atoms with E-state index in [9.17, 15) is 10.1 Å². The Labute approximate surface area is 182 Å². The summed E-state index contributed by atoms with van der Waals surface area (Å²) in [4.78, 5) is 14.7. The predicted octanol–water partition coefficient (Wildman–Crippen LogP) is 3.78. The second kappa shape index (κ2) is 9.24. The van der Waals surface area contributed by atoms with E-state index in [0.29, 0.717) is 28.0 Å². The number of carbonyl (C=O) groups excluding carboxylic acids is 1. The van der Waals surface area contributed by atoms with Crippen LogP contribution in [0, 0.1) is 11.3 Å². The molecule has 0 spiro atoms. The summed E-state index contributed by atoms with van der Waals surface area (Å²) >= 11 is 7.27. The van der Waals surface area contributed by atoms with Gasteiger partial charge in [0.15, 0.2) is 5.16 Å². The van der Waals surface area contributed by atoms with Gasteiger partial charge in [0.25, 0.3) is 0 Å². The Balaban J connectivity index is 1.48. The summed E-state index contributed by atoms with van der Waals surface area (Å²) in [6.45, 7) is 2.36. The van der Waals surface area contributed by atoms with Gasteiger partial charge < -0.3 is 14.6 Å². The largest absolute Gasteiger partial charge is 0.467 e. The van der Waals surface area contributed by atoms with Gasteiger partial charge in [-0.2, -0.15) is 5.26 Å². The van der Waals surface area contributed by atoms with Crippen LogP contribution in [-0.4, -0.2) is 39.5 Å². The number of furan rings is 1. The van der Waals surface area contributed by atoms with Gasteiger partial charge in [-0.25, -0.2) is 0 Å². The maximum Gasteiger partial charge on any atom is 0.234 e. The van der Waals surface area contributed by atoms with E-state index in [2.05, 4.69) is 20.4 Å². The Morgan fingerprint density at radius 2 is 2.13 bits per heavy atom. The Bertz CT molecular complexity index is 1070. The minimum Gasteiger partial charge on any atom is -0.467 e. The highest BCUT2D eigenvalue weighted by atomic mass is 35.5. The summed E-state index contributed by atoms with van der Waals surface area (Å²) in [5.74, 6) is 1.44. The third-order valence-electron chi connectivity index (χ3n) is 4.69. The van der Waals surface area contributed by atoms with E-state index >= 15 is 0 Å². The lowest BCUT2D eigenvalue weighted by Crippen LogP contribution is -2.23. The predicted molar refractivity (Wildman–Crippen MR) is 115 cm³/mol. The van der Waals surface area contributed by atoms with Crippen molar-refractivity contribution in [2.24, 2.45) is 0 Å². The average Bonchev–Trinajstić information content (AvgIpc) is 3.49. The van der Waals surface area contributed by atoms with Crippen LogP contribution in [0.5, 0.6) is 0 Å². The fourth-order valence-corrected chi connectivity index (χ4v) is 4.17. The monoisotopic (exact) mass is 442 g/mol. The van der Waals surface area contributed by atoms with Crippen molar-refractivity contribution in [1.82, 2.24) is 14.8 Å². The maximum atomic E-state index is 12.5. The highest BCUT2D eigenvalue weighted by Gasteiger charge is 2.22. The molecule has 1 aliphatic rings. The Morgan fingerprint density at radius 1 is 1.30 bits per heavy atom. The van der Waals surface area contributed by atoms with E-state index < -0.39 is 0 Å². The summed E-state index contributed by atoms with van der Waals surface area (Å²) < 4.78 is 7.47. The van der Waals surface area contributed by atoms with E-state index in [1.54, 1.807) is 24.5 Å². The Morgan fingerprint density at radius 3 is 2.87 bits per heavy atom. The second-order valence-corrected chi connectivity index (χ2v) is 8.16. The third kappa shape index (κ3) is 4.61. The lowest BCUT2D eigenvalue weighted by Gasteiger charge is -2.17. The van der Waals surface area contributed by atoms with Crippen LogP contribution in [0.4, 0.5) is 11.6 Å². The first-order chi connectivity index (χ1) is 14.6. The van der Waals surface area contributed by atoms with E-state index in [1.165, 1.54) is 11.8 Å². The molecule has 0 unspecified atom stereocenters. The van der Waals surface area contributed by atoms with E-state index in [1.807, 2.05) is 22.8 Å². The summed E-state index contributed by atoms with van der Waals surface area (Å²) in [5, 5.41) is 21.7. The van der Waals surface area contributed by atoms with E-state index in [4.69, 9.17) is 16.0 Å². The van der Waals surface area contributed by atoms with Crippen LogP contribution in [0.1, 0.15) is 24.2 Å². The van der Waals surface area contributed by atoms with Crippen LogP contribution in [-0.2, 0) is 11.3 Å². The summed E-state index contributed by atoms with van der Waals surface area (Å²) in [5.41, 5.74) is 0.750. The second-order valence-electron chi connectivity index (χ2n) is 6.78. The molecule has 2 aromatic heterocycles. The quantitative estimate of drug-likeness (QED) is 0.556. The molecule has 0 atom stereocenters. The molecular formula is C20H19ClN6O2S. The van der Waals surface area contributed by atoms with Gasteiger partial charge in [0.1, 0.15) is 11.8 Å². The van der Waals surface area contributed by atoms with Crippen molar-refractivity contribution < 1.29 is 9.21 Å². The number of amides is 1. The molecule has 1 aromatic carbocycles. The molecule has 1 amide bonds. The van der Waals surface area contributed by atoms with Gasteiger partial charge in [-0.1, -0.05) is 23.4 Å². The summed E-state index contributed by atoms with van der Waals surface area (Å²) in [6, 6.07) is 10.5. The van der Waals surface area contributed by atoms with Crippen molar-refractivity contribution >= 4 is 40.9 Å². The number of hydrogen-bond donors (Lipinski definition) is 1. The van der Waals surface area contributed by atoms with Gasteiger partial charge in [0, 0.05) is 18.1 Å². The number of carbonyl (C=O) groups is 1.